The van der Waals surface area contributed by atoms with E-state index in [4.69, 9.17) is 9.84 Å². The van der Waals surface area contributed by atoms with Crippen LogP contribution >= 0.6 is 0 Å². The molecule has 1 unspecified atom stereocenters. The Balaban J connectivity index is 2.68. The van der Waals surface area contributed by atoms with Crippen molar-refractivity contribution in [3.63, 3.8) is 0 Å². The highest BCUT2D eigenvalue weighted by atomic mass is 16.6. The number of carbonyl (C=O) groups excluding carboxylic acids is 1. The van der Waals surface area contributed by atoms with Crippen molar-refractivity contribution in [1.82, 2.24) is 0 Å². The molecule has 76 valence electrons. The first-order valence-corrected chi connectivity index (χ1v) is 4.63. The van der Waals surface area contributed by atoms with Crippen LogP contribution in [0.3, 0.4) is 0 Å². The van der Waals surface area contributed by atoms with Crippen molar-refractivity contribution >= 4 is 5.97 Å². The van der Waals surface area contributed by atoms with Gasteiger partial charge in [-0.25, -0.2) is 4.79 Å². The average Bonchev–Trinajstić information content (AvgIpc) is 2.26. The Morgan fingerprint density at radius 2 is 2.07 bits per heavy atom. The number of carbonyl (C=O) groups is 1. The van der Waals surface area contributed by atoms with Gasteiger partial charge in [-0.2, -0.15) is 0 Å². The zero-order valence-electron chi connectivity index (χ0n) is 8.14. The fraction of sp³-hybridized carbons (Fsp3) is 0.364. The summed E-state index contributed by atoms with van der Waals surface area (Å²) in [5.41, 5.74) is 0.955. The van der Waals surface area contributed by atoms with E-state index in [2.05, 4.69) is 0 Å². The van der Waals surface area contributed by atoms with Gasteiger partial charge in [-0.05, 0) is 12.0 Å². The van der Waals surface area contributed by atoms with Crippen LogP contribution in [0.2, 0.25) is 0 Å². The van der Waals surface area contributed by atoms with E-state index in [1.54, 1.807) is 0 Å². The molecule has 3 nitrogen and oxygen atoms in total. The van der Waals surface area contributed by atoms with Crippen molar-refractivity contribution < 1.29 is 14.6 Å². The molecule has 1 N–H and O–H groups in total. The van der Waals surface area contributed by atoms with E-state index in [0.717, 1.165) is 5.56 Å². The molecule has 0 saturated carbocycles. The Morgan fingerprint density at radius 1 is 1.43 bits per heavy atom. The van der Waals surface area contributed by atoms with Crippen molar-refractivity contribution in [2.45, 2.75) is 19.4 Å². The highest BCUT2D eigenvalue weighted by Crippen LogP contribution is 2.20. The maximum atomic E-state index is 10.9. The van der Waals surface area contributed by atoms with Gasteiger partial charge >= 0.3 is 5.97 Å². The molecule has 0 heterocycles. The van der Waals surface area contributed by atoms with Crippen LogP contribution in [0.1, 0.15) is 25.0 Å². The van der Waals surface area contributed by atoms with Gasteiger partial charge in [-0.15, -0.1) is 0 Å². The lowest BCUT2D eigenvalue weighted by atomic mass is 10.1. The largest absolute Gasteiger partial charge is 0.456 e. The van der Waals surface area contributed by atoms with Gasteiger partial charge in [0.15, 0.2) is 0 Å². The number of rotatable bonds is 4. The lowest BCUT2D eigenvalue weighted by Gasteiger charge is -2.15. The zero-order valence-corrected chi connectivity index (χ0v) is 8.14. The molecule has 0 saturated heterocycles. The smallest absolute Gasteiger partial charge is 0.332 e. The van der Waals surface area contributed by atoms with Crippen molar-refractivity contribution in [3.8, 4) is 0 Å². The van der Waals surface area contributed by atoms with Gasteiger partial charge in [-0.1, -0.05) is 37.3 Å². The number of hydrogen-bond donors (Lipinski definition) is 1. The molecule has 0 fully saturated rings. The maximum Gasteiger partial charge on any atom is 0.332 e. The minimum absolute atomic E-state index is 0.254. The van der Waals surface area contributed by atoms with Gasteiger partial charge in [0.1, 0.15) is 12.7 Å². The standard InChI is InChI=1S/C11H14O3/c1-2-10(14-11(13)8-12)9-6-4-3-5-7-9/h3-7,10,12H,2,8H2,1H3. The molecule has 0 spiro atoms. The third kappa shape index (κ3) is 2.85. The van der Waals surface area contributed by atoms with Crippen LogP contribution in [0.4, 0.5) is 0 Å². The Bertz CT molecular complexity index is 282. The summed E-state index contributed by atoms with van der Waals surface area (Å²) >= 11 is 0. The first-order valence-electron chi connectivity index (χ1n) is 4.63. The molecular formula is C11H14O3. The van der Waals surface area contributed by atoms with Crippen LogP contribution in [-0.2, 0) is 9.53 Å². The Labute approximate surface area is 83.3 Å². The molecule has 14 heavy (non-hydrogen) atoms. The molecule has 1 rings (SSSR count). The van der Waals surface area contributed by atoms with Crippen molar-refractivity contribution in [2.24, 2.45) is 0 Å². The van der Waals surface area contributed by atoms with E-state index in [1.165, 1.54) is 0 Å². The molecule has 0 radical (unpaired) electrons. The summed E-state index contributed by atoms with van der Waals surface area (Å²) in [6.07, 6.45) is 0.450. The van der Waals surface area contributed by atoms with E-state index in [1.807, 2.05) is 37.3 Å². The Hall–Kier alpha value is -1.35. The summed E-state index contributed by atoms with van der Waals surface area (Å²) in [5.74, 6) is -0.583. The summed E-state index contributed by atoms with van der Waals surface area (Å²) in [6, 6.07) is 9.50. The minimum atomic E-state index is -0.583. The van der Waals surface area contributed by atoms with Gasteiger partial charge in [0.05, 0.1) is 0 Å². The third-order valence-corrected chi connectivity index (χ3v) is 1.94. The molecule has 0 aliphatic carbocycles. The number of ether oxygens (including phenoxy) is 1. The maximum absolute atomic E-state index is 10.9. The second-order valence-electron chi connectivity index (χ2n) is 2.96. The lowest BCUT2D eigenvalue weighted by molar-refractivity contribution is -0.153. The van der Waals surface area contributed by atoms with Crippen LogP contribution in [0.15, 0.2) is 30.3 Å². The molecule has 1 atom stereocenters. The highest BCUT2D eigenvalue weighted by Gasteiger charge is 2.13. The topological polar surface area (TPSA) is 46.5 Å². The van der Waals surface area contributed by atoms with E-state index in [0.29, 0.717) is 6.42 Å². The normalized spacial score (nSPS) is 12.1. The van der Waals surface area contributed by atoms with Gasteiger partial charge in [0, 0.05) is 0 Å². The molecule has 0 aromatic heterocycles. The highest BCUT2D eigenvalue weighted by molar-refractivity contribution is 5.70. The van der Waals surface area contributed by atoms with Crippen LogP contribution in [0.25, 0.3) is 0 Å². The summed E-state index contributed by atoms with van der Waals surface area (Å²) in [5, 5.41) is 8.55. The number of hydrogen-bond acceptors (Lipinski definition) is 3. The van der Waals surface area contributed by atoms with Gasteiger partial charge in [0.25, 0.3) is 0 Å². The summed E-state index contributed by atoms with van der Waals surface area (Å²) < 4.78 is 5.05. The van der Waals surface area contributed by atoms with E-state index >= 15 is 0 Å². The SMILES string of the molecule is CCC(OC(=O)CO)c1ccccc1. The average molecular weight is 194 g/mol. The first-order chi connectivity index (χ1) is 6.77. The Kier molecular flexibility index (Phi) is 4.13. The molecule has 0 bridgehead atoms. The molecule has 1 aromatic carbocycles. The summed E-state index contributed by atoms with van der Waals surface area (Å²) in [7, 11) is 0. The number of esters is 1. The second-order valence-corrected chi connectivity index (χ2v) is 2.96. The Morgan fingerprint density at radius 3 is 2.57 bits per heavy atom. The van der Waals surface area contributed by atoms with Crippen molar-refractivity contribution in [3.05, 3.63) is 35.9 Å². The van der Waals surface area contributed by atoms with Crippen LogP contribution in [0.5, 0.6) is 0 Å². The third-order valence-electron chi connectivity index (χ3n) is 1.94. The summed E-state index contributed by atoms with van der Waals surface area (Å²) in [4.78, 5) is 10.9. The van der Waals surface area contributed by atoms with E-state index in [-0.39, 0.29) is 6.10 Å². The zero-order chi connectivity index (χ0) is 10.4. The molecule has 0 aliphatic rings. The fourth-order valence-electron chi connectivity index (χ4n) is 1.25. The molecule has 0 aliphatic heterocycles. The predicted molar refractivity (Wildman–Crippen MR) is 52.7 cm³/mol. The van der Waals surface area contributed by atoms with E-state index in [9.17, 15) is 4.79 Å². The van der Waals surface area contributed by atoms with Crippen molar-refractivity contribution in [1.29, 1.82) is 0 Å². The molecule has 0 amide bonds. The monoisotopic (exact) mass is 194 g/mol. The second kappa shape index (κ2) is 5.40. The van der Waals surface area contributed by atoms with Crippen LogP contribution in [-0.4, -0.2) is 17.7 Å². The fourth-order valence-corrected chi connectivity index (χ4v) is 1.25. The first kappa shape index (κ1) is 10.7. The number of aliphatic hydroxyl groups excluding tert-OH is 1. The van der Waals surface area contributed by atoms with Crippen LogP contribution < -0.4 is 0 Å². The number of aliphatic hydroxyl groups is 1. The molecular weight excluding hydrogens is 180 g/mol. The van der Waals surface area contributed by atoms with Gasteiger partial charge in [-0.3, -0.25) is 0 Å². The van der Waals surface area contributed by atoms with Gasteiger partial charge in [0.2, 0.25) is 0 Å². The van der Waals surface area contributed by atoms with Crippen molar-refractivity contribution in [2.75, 3.05) is 6.61 Å². The molecule has 3 heteroatoms. The molecule has 1 aromatic rings. The predicted octanol–water partition coefficient (Wildman–Crippen LogP) is 1.67. The lowest BCUT2D eigenvalue weighted by Crippen LogP contribution is -2.13. The number of benzene rings is 1. The quantitative estimate of drug-likeness (QED) is 0.742. The van der Waals surface area contributed by atoms with E-state index < -0.39 is 12.6 Å². The van der Waals surface area contributed by atoms with Gasteiger partial charge < -0.3 is 9.84 Å². The minimum Gasteiger partial charge on any atom is -0.456 e. The van der Waals surface area contributed by atoms with Crippen LogP contribution in [0, 0.1) is 0 Å². The summed E-state index contributed by atoms with van der Waals surface area (Å²) in [6.45, 7) is 1.37.